The van der Waals surface area contributed by atoms with Gasteiger partial charge in [-0.3, -0.25) is 0 Å². The first kappa shape index (κ1) is 47.5. The zero-order chi connectivity index (χ0) is 42.3. The molecule has 1 saturated carbocycles. The first-order valence-corrected chi connectivity index (χ1v) is 25.4. The van der Waals surface area contributed by atoms with E-state index in [0.29, 0.717) is 11.8 Å². The average Bonchev–Trinajstić information content (AvgIpc) is 3.28. The van der Waals surface area contributed by atoms with Gasteiger partial charge >= 0.3 is 0 Å². The van der Waals surface area contributed by atoms with Gasteiger partial charge in [-0.1, -0.05) is 228 Å². The first-order chi connectivity index (χ1) is 29.5. The molecule has 5 rings (SSSR count). The lowest BCUT2D eigenvalue weighted by molar-refractivity contribution is 0.250. The van der Waals surface area contributed by atoms with Crippen LogP contribution in [0.4, 0.5) is 11.4 Å². The minimum atomic E-state index is 0.0543. The smallest absolute Gasteiger partial charge is 0.0314 e. The molecule has 0 amide bonds. The average molecular weight is 811 g/mol. The van der Waals surface area contributed by atoms with E-state index in [1.165, 1.54) is 207 Å². The van der Waals surface area contributed by atoms with Crippen molar-refractivity contribution in [2.24, 2.45) is 5.92 Å². The number of hydrogen-bond acceptors (Lipinski definition) is 2. The number of anilines is 2. The monoisotopic (exact) mass is 811 g/mol. The van der Waals surface area contributed by atoms with Crippen molar-refractivity contribution in [1.82, 2.24) is 0 Å². The Morgan fingerprint density at radius 3 is 1.05 bits per heavy atom. The lowest BCUT2D eigenvalue weighted by atomic mass is 9.62. The molecule has 0 bridgehead atoms. The molecular weight excluding hydrogens is 725 g/mol. The number of nitrogens with two attached hydrogens (primary N) is 2. The third kappa shape index (κ3) is 14.8. The lowest BCUT2D eigenvalue weighted by Gasteiger charge is -2.42. The van der Waals surface area contributed by atoms with Gasteiger partial charge in [-0.2, -0.15) is 0 Å². The predicted molar refractivity (Wildman–Crippen MR) is 264 cm³/mol. The molecule has 1 aliphatic rings. The summed E-state index contributed by atoms with van der Waals surface area (Å²) >= 11 is 0. The molecule has 4 aromatic rings. The van der Waals surface area contributed by atoms with E-state index in [9.17, 15) is 0 Å². The second-order valence-electron chi connectivity index (χ2n) is 19.1. The SMILES string of the molecule is CCCCCCCCCCC1CCC(c2ccc(C(CCCCCCCC)c3ccc(N)cc3)cc2)(c2ccc(C(CCCCCCCC)c3ccc(N)cc3)cc2)CC1. The number of hydrogen-bond donors (Lipinski definition) is 2. The number of nitrogen functional groups attached to an aromatic ring is 2. The standard InChI is InChI=1S/C58H86N2/c1-4-7-10-13-16-17-18-21-24-47-43-45-58(46-44-47,52-35-27-48(28-36-52)56(25-22-19-14-11-8-5-2)50-31-39-54(59)40-32-50)53-37-29-49(30-38-53)57(26-23-20-15-12-9-6-3)51-33-41-55(60)42-34-51/h27-42,47,56-57H,4-26,43-46,59-60H2,1-3H3. The van der Waals surface area contributed by atoms with Crippen molar-refractivity contribution in [3.63, 3.8) is 0 Å². The lowest BCUT2D eigenvalue weighted by Crippen LogP contribution is -2.33. The topological polar surface area (TPSA) is 52.0 Å². The van der Waals surface area contributed by atoms with Crippen molar-refractivity contribution in [2.75, 3.05) is 11.5 Å². The van der Waals surface area contributed by atoms with Gasteiger partial charge in [-0.05, 0) is 102 Å². The molecule has 0 radical (unpaired) electrons. The maximum Gasteiger partial charge on any atom is 0.0314 e. The highest BCUT2D eigenvalue weighted by Crippen LogP contribution is 2.48. The Kier molecular flexibility index (Phi) is 21.2. The van der Waals surface area contributed by atoms with Crippen LogP contribution in [0.15, 0.2) is 97.1 Å². The molecule has 0 saturated heterocycles. The summed E-state index contributed by atoms with van der Waals surface area (Å²) in [4.78, 5) is 0. The fourth-order valence-electron chi connectivity index (χ4n) is 10.6. The summed E-state index contributed by atoms with van der Waals surface area (Å²) in [6.07, 6.45) is 36.1. The molecule has 0 aliphatic heterocycles. The van der Waals surface area contributed by atoms with E-state index in [1.54, 1.807) is 0 Å². The zero-order valence-corrected chi connectivity index (χ0v) is 38.7. The van der Waals surface area contributed by atoms with Gasteiger partial charge in [-0.15, -0.1) is 0 Å². The van der Waals surface area contributed by atoms with Crippen LogP contribution in [0.2, 0.25) is 0 Å². The van der Waals surface area contributed by atoms with Crippen LogP contribution in [0.1, 0.15) is 239 Å². The Labute approximate surface area is 369 Å². The van der Waals surface area contributed by atoms with Gasteiger partial charge in [0.1, 0.15) is 0 Å². The molecule has 4 aromatic carbocycles. The molecule has 328 valence electrons. The summed E-state index contributed by atoms with van der Waals surface area (Å²) in [5.74, 6) is 1.66. The van der Waals surface area contributed by atoms with E-state index >= 15 is 0 Å². The Hall–Kier alpha value is -3.52. The Morgan fingerprint density at radius 2 is 0.700 bits per heavy atom. The third-order valence-corrected chi connectivity index (χ3v) is 14.5. The molecule has 0 heterocycles. The van der Waals surface area contributed by atoms with Gasteiger partial charge in [0.15, 0.2) is 0 Å². The predicted octanol–water partition coefficient (Wildman–Crippen LogP) is 17.6. The summed E-state index contributed by atoms with van der Waals surface area (Å²) in [5.41, 5.74) is 22.8. The first-order valence-electron chi connectivity index (χ1n) is 25.4. The van der Waals surface area contributed by atoms with E-state index < -0.39 is 0 Å². The van der Waals surface area contributed by atoms with Crippen LogP contribution in [-0.4, -0.2) is 0 Å². The molecular formula is C58H86N2. The van der Waals surface area contributed by atoms with E-state index in [0.717, 1.165) is 17.3 Å². The van der Waals surface area contributed by atoms with Crippen molar-refractivity contribution in [3.05, 3.63) is 130 Å². The number of benzene rings is 4. The van der Waals surface area contributed by atoms with E-state index in [1.807, 2.05) is 0 Å². The maximum atomic E-state index is 6.17. The molecule has 4 N–H and O–H groups in total. The van der Waals surface area contributed by atoms with Crippen LogP contribution in [0.3, 0.4) is 0 Å². The summed E-state index contributed by atoms with van der Waals surface area (Å²) in [5, 5.41) is 0. The molecule has 2 nitrogen and oxygen atoms in total. The van der Waals surface area contributed by atoms with Gasteiger partial charge in [-0.25, -0.2) is 0 Å². The Morgan fingerprint density at radius 1 is 0.400 bits per heavy atom. The van der Waals surface area contributed by atoms with Crippen LogP contribution in [0, 0.1) is 5.92 Å². The quantitative estimate of drug-likeness (QED) is 0.0424. The summed E-state index contributed by atoms with van der Waals surface area (Å²) in [7, 11) is 0. The highest BCUT2D eigenvalue weighted by Gasteiger charge is 2.38. The second-order valence-corrected chi connectivity index (χ2v) is 19.1. The van der Waals surface area contributed by atoms with Gasteiger partial charge in [0.05, 0.1) is 0 Å². The summed E-state index contributed by atoms with van der Waals surface area (Å²) < 4.78 is 0. The zero-order valence-electron chi connectivity index (χ0n) is 38.7. The third-order valence-electron chi connectivity index (χ3n) is 14.5. The minimum Gasteiger partial charge on any atom is -0.399 e. The molecule has 1 aliphatic carbocycles. The van der Waals surface area contributed by atoms with Crippen molar-refractivity contribution in [2.45, 2.75) is 211 Å². The highest BCUT2D eigenvalue weighted by molar-refractivity contribution is 5.47. The van der Waals surface area contributed by atoms with Crippen LogP contribution < -0.4 is 11.5 Å². The van der Waals surface area contributed by atoms with E-state index in [2.05, 4.69) is 118 Å². The van der Waals surface area contributed by atoms with Crippen molar-refractivity contribution in [1.29, 1.82) is 0 Å². The van der Waals surface area contributed by atoms with Crippen LogP contribution in [-0.2, 0) is 5.41 Å². The molecule has 0 spiro atoms. The molecule has 60 heavy (non-hydrogen) atoms. The fraction of sp³-hybridized carbons (Fsp3) is 0.586. The van der Waals surface area contributed by atoms with Gasteiger partial charge in [0.25, 0.3) is 0 Å². The number of unbranched alkanes of at least 4 members (excludes halogenated alkanes) is 17. The van der Waals surface area contributed by atoms with Crippen LogP contribution in [0.5, 0.6) is 0 Å². The van der Waals surface area contributed by atoms with Gasteiger partial charge in [0, 0.05) is 28.6 Å². The normalized spacial score (nSPS) is 17.8. The van der Waals surface area contributed by atoms with Gasteiger partial charge in [0.2, 0.25) is 0 Å². The molecule has 2 heteroatoms. The Bertz CT molecular complexity index is 1570. The summed E-state index contributed by atoms with van der Waals surface area (Å²) in [6.45, 7) is 6.93. The fourth-order valence-corrected chi connectivity index (χ4v) is 10.6. The highest BCUT2D eigenvalue weighted by atomic mass is 14.5. The Balaban J connectivity index is 1.37. The largest absolute Gasteiger partial charge is 0.399 e. The van der Waals surface area contributed by atoms with Gasteiger partial charge < -0.3 is 11.5 Å². The molecule has 2 atom stereocenters. The maximum absolute atomic E-state index is 6.17. The van der Waals surface area contributed by atoms with E-state index in [-0.39, 0.29) is 5.41 Å². The van der Waals surface area contributed by atoms with Crippen LogP contribution >= 0.6 is 0 Å². The minimum absolute atomic E-state index is 0.0543. The molecule has 1 fully saturated rings. The van der Waals surface area contributed by atoms with Crippen molar-refractivity contribution < 1.29 is 0 Å². The molecule has 2 unspecified atom stereocenters. The number of rotatable bonds is 29. The van der Waals surface area contributed by atoms with E-state index in [4.69, 9.17) is 11.5 Å². The second kappa shape index (κ2) is 26.7. The summed E-state index contributed by atoms with van der Waals surface area (Å²) in [6, 6.07) is 37.5. The van der Waals surface area contributed by atoms with Crippen molar-refractivity contribution in [3.8, 4) is 0 Å². The molecule has 0 aromatic heterocycles. The van der Waals surface area contributed by atoms with Crippen LogP contribution in [0.25, 0.3) is 0 Å². The van der Waals surface area contributed by atoms with Crippen molar-refractivity contribution >= 4 is 11.4 Å².